The maximum atomic E-state index is 12.1. The average Bonchev–Trinajstić information content (AvgIpc) is 3.11. The van der Waals surface area contributed by atoms with Crippen molar-refractivity contribution in [3.63, 3.8) is 0 Å². The summed E-state index contributed by atoms with van der Waals surface area (Å²) in [6, 6.07) is 9.06. The molecule has 1 aromatic heterocycles. The van der Waals surface area contributed by atoms with E-state index in [0.29, 0.717) is 31.7 Å². The van der Waals surface area contributed by atoms with Crippen molar-refractivity contribution in [2.45, 2.75) is 0 Å². The monoisotopic (exact) mass is 348 g/mol. The smallest absolute Gasteiger partial charge is 0.251 e. The van der Waals surface area contributed by atoms with Crippen LogP contribution in [0.5, 0.6) is 0 Å². The van der Waals surface area contributed by atoms with Crippen molar-refractivity contribution in [2.75, 3.05) is 37.7 Å². The molecule has 1 amide bonds. The first kappa shape index (κ1) is 16.7. The summed E-state index contributed by atoms with van der Waals surface area (Å²) in [4.78, 5) is 14.2. The largest absolute Gasteiger partial charge is 0.351 e. The fourth-order valence-electron chi connectivity index (χ4n) is 2.59. The molecule has 0 radical (unpaired) electrons. The molecule has 1 saturated heterocycles. The third-order valence-electron chi connectivity index (χ3n) is 4.05. The fraction of sp³-hybridized carbons (Fsp3) is 0.375. The van der Waals surface area contributed by atoms with E-state index >= 15 is 0 Å². The quantitative estimate of drug-likeness (QED) is 0.842. The van der Waals surface area contributed by atoms with Gasteiger partial charge in [-0.3, -0.25) is 9.69 Å². The van der Waals surface area contributed by atoms with E-state index in [4.69, 9.17) is 0 Å². The van der Waals surface area contributed by atoms with E-state index in [9.17, 15) is 13.2 Å². The summed E-state index contributed by atoms with van der Waals surface area (Å²) in [7, 11) is -2.86. The van der Waals surface area contributed by atoms with Gasteiger partial charge >= 0.3 is 0 Å². The number of nitrogens with zero attached hydrogens (tertiary/aromatic N) is 3. The molecule has 0 aliphatic carbocycles. The Bertz CT molecular complexity index is 771. The van der Waals surface area contributed by atoms with Gasteiger partial charge in [-0.25, -0.2) is 13.1 Å². The topological polar surface area (TPSA) is 84.3 Å². The minimum atomic E-state index is -2.86. The summed E-state index contributed by atoms with van der Waals surface area (Å²) in [5.41, 5.74) is 1.48. The van der Waals surface area contributed by atoms with Crippen LogP contribution in [-0.2, 0) is 9.84 Å². The number of nitrogens with one attached hydrogen (secondary N) is 1. The molecule has 0 saturated carbocycles. The van der Waals surface area contributed by atoms with Gasteiger partial charge in [0.25, 0.3) is 5.91 Å². The van der Waals surface area contributed by atoms with Crippen molar-refractivity contribution in [1.82, 2.24) is 20.0 Å². The highest BCUT2D eigenvalue weighted by atomic mass is 32.2. The van der Waals surface area contributed by atoms with Crippen LogP contribution >= 0.6 is 0 Å². The third kappa shape index (κ3) is 4.21. The molecule has 0 atom stereocenters. The predicted octanol–water partition coefficient (Wildman–Crippen LogP) is 0.333. The van der Waals surface area contributed by atoms with Gasteiger partial charge in [0.1, 0.15) is 0 Å². The van der Waals surface area contributed by atoms with Crippen molar-refractivity contribution in [2.24, 2.45) is 0 Å². The van der Waals surface area contributed by atoms with Crippen molar-refractivity contribution in [3.8, 4) is 5.69 Å². The third-order valence-corrected chi connectivity index (χ3v) is 5.66. The molecule has 1 aromatic carbocycles. The number of sulfone groups is 1. The molecule has 7 nitrogen and oxygen atoms in total. The van der Waals surface area contributed by atoms with Crippen molar-refractivity contribution < 1.29 is 13.2 Å². The Morgan fingerprint density at radius 1 is 1.17 bits per heavy atom. The SMILES string of the molecule is O=C(NCCN1CCS(=O)(=O)CC1)c1ccc(-n2cccn2)cc1. The Labute approximate surface area is 141 Å². The number of benzene rings is 1. The molecule has 0 spiro atoms. The molecule has 3 rings (SSSR count). The lowest BCUT2D eigenvalue weighted by molar-refractivity contribution is 0.0948. The maximum absolute atomic E-state index is 12.1. The van der Waals surface area contributed by atoms with Crippen LogP contribution in [-0.4, -0.2) is 66.7 Å². The molecule has 128 valence electrons. The Morgan fingerprint density at radius 2 is 1.88 bits per heavy atom. The van der Waals surface area contributed by atoms with Crippen molar-refractivity contribution >= 4 is 15.7 Å². The zero-order chi connectivity index (χ0) is 17.0. The van der Waals surface area contributed by atoms with Gasteiger partial charge in [0.05, 0.1) is 17.2 Å². The highest BCUT2D eigenvalue weighted by Gasteiger charge is 2.21. The van der Waals surface area contributed by atoms with E-state index in [2.05, 4.69) is 15.3 Å². The zero-order valence-corrected chi connectivity index (χ0v) is 14.1. The van der Waals surface area contributed by atoms with E-state index < -0.39 is 9.84 Å². The minimum absolute atomic E-state index is 0.133. The van der Waals surface area contributed by atoms with Crippen molar-refractivity contribution in [1.29, 1.82) is 0 Å². The van der Waals surface area contributed by atoms with Crippen LogP contribution in [0.1, 0.15) is 10.4 Å². The van der Waals surface area contributed by atoms with Crippen LogP contribution in [0.4, 0.5) is 0 Å². The molecule has 1 fully saturated rings. The average molecular weight is 348 g/mol. The standard InChI is InChI=1S/C16H20N4O3S/c21-16(17-7-9-19-10-12-24(22,23)13-11-19)14-2-4-15(5-3-14)20-8-1-6-18-20/h1-6,8H,7,9-13H2,(H,17,21). The molecule has 1 aliphatic rings. The van der Waals surface area contributed by atoms with Crippen LogP contribution in [0.25, 0.3) is 5.69 Å². The predicted molar refractivity (Wildman–Crippen MR) is 91.0 cm³/mol. The van der Waals surface area contributed by atoms with Gasteiger partial charge in [0, 0.05) is 44.1 Å². The molecule has 1 N–H and O–H groups in total. The second-order valence-electron chi connectivity index (χ2n) is 5.75. The first-order chi connectivity index (χ1) is 11.5. The van der Waals surface area contributed by atoms with Crippen molar-refractivity contribution in [3.05, 3.63) is 48.3 Å². The van der Waals surface area contributed by atoms with Gasteiger partial charge in [0.2, 0.25) is 0 Å². The zero-order valence-electron chi connectivity index (χ0n) is 13.3. The summed E-state index contributed by atoms with van der Waals surface area (Å²) in [5.74, 6) is 0.276. The highest BCUT2D eigenvalue weighted by Crippen LogP contribution is 2.08. The van der Waals surface area contributed by atoms with Gasteiger partial charge < -0.3 is 5.32 Å². The molecular weight excluding hydrogens is 328 g/mol. The van der Waals surface area contributed by atoms with E-state index in [1.54, 1.807) is 23.0 Å². The van der Waals surface area contributed by atoms with Gasteiger partial charge in [-0.15, -0.1) is 0 Å². The van der Waals surface area contributed by atoms with Gasteiger partial charge in [-0.05, 0) is 30.3 Å². The summed E-state index contributed by atoms with van der Waals surface area (Å²) in [6.07, 6.45) is 3.54. The van der Waals surface area contributed by atoms with Gasteiger partial charge in [-0.1, -0.05) is 0 Å². The molecule has 2 aromatic rings. The fourth-order valence-corrected chi connectivity index (χ4v) is 3.87. The maximum Gasteiger partial charge on any atom is 0.251 e. The minimum Gasteiger partial charge on any atom is -0.351 e. The molecular formula is C16H20N4O3S. The first-order valence-electron chi connectivity index (χ1n) is 7.85. The molecule has 2 heterocycles. The summed E-state index contributed by atoms with van der Waals surface area (Å²) in [6.45, 7) is 2.24. The molecule has 8 heteroatoms. The molecule has 0 bridgehead atoms. The second-order valence-corrected chi connectivity index (χ2v) is 8.05. The van der Waals surface area contributed by atoms with E-state index in [1.165, 1.54) is 0 Å². The van der Waals surface area contributed by atoms with E-state index in [1.807, 2.05) is 24.4 Å². The lowest BCUT2D eigenvalue weighted by Gasteiger charge is -2.26. The van der Waals surface area contributed by atoms with Crippen LogP contribution in [0.2, 0.25) is 0 Å². The van der Waals surface area contributed by atoms with E-state index in [0.717, 1.165) is 5.69 Å². The summed E-state index contributed by atoms with van der Waals surface area (Å²) in [5, 5.41) is 7.01. The molecule has 0 unspecified atom stereocenters. The highest BCUT2D eigenvalue weighted by molar-refractivity contribution is 7.91. The Morgan fingerprint density at radius 3 is 2.50 bits per heavy atom. The van der Waals surface area contributed by atoms with Gasteiger partial charge in [0.15, 0.2) is 9.84 Å². The van der Waals surface area contributed by atoms with E-state index in [-0.39, 0.29) is 17.4 Å². The van der Waals surface area contributed by atoms with Gasteiger partial charge in [-0.2, -0.15) is 5.10 Å². The second kappa shape index (κ2) is 7.14. The number of carbonyl (C=O) groups is 1. The normalized spacial score (nSPS) is 17.5. The lowest BCUT2D eigenvalue weighted by Crippen LogP contribution is -2.43. The number of hydrogen-bond acceptors (Lipinski definition) is 5. The van der Waals surface area contributed by atoms with Crippen LogP contribution in [0.15, 0.2) is 42.7 Å². The van der Waals surface area contributed by atoms with Crippen LogP contribution < -0.4 is 5.32 Å². The molecule has 24 heavy (non-hydrogen) atoms. The Kier molecular flexibility index (Phi) is 4.96. The summed E-state index contributed by atoms with van der Waals surface area (Å²) >= 11 is 0. The van der Waals surface area contributed by atoms with Crippen LogP contribution in [0.3, 0.4) is 0 Å². The number of rotatable bonds is 5. The Balaban J connectivity index is 1.47. The Hall–Kier alpha value is -2.19. The number of amides is 1. The van der Waals surface area contributed by atoms with Crippen LogP contribution in [0, 0.1) is 0 Å². The first-order valence-corrected chi connectivity index (χ1v) is 9.67. The number of hydrogen-bond donors (Lipinski definition) is 1. The lowest BCUT2D eigenvalue weighted by atomic mass is 10.2. The number of aromatic nitrogens is 2. The molecule has 1 aliphatic heterocycles. The number of carbonyl (C=O) groups excluding carboxylic acids is 1. The summed E-state index contributed by atoms with van der Waals surface area (Å²) < 4.78 is 24.5.